The van der Waals surface area contributed by atoms with E-state index in [1.165, 1.54) is 6.42 Å². The van der Waals surface area contributed by atoms with Crippen LogP contribution in [-0.4, -0.2) is 66.8 Å². The van der Waals surface area contributed by atoms with Crippen molar-refractivity contribution < 1.29 is 9.53 Å². The second-order valence-corrected chi connectivity index (χ2v) is 6.99. The Bertz CT molecular complexity index is 341. The van der Waals surface area contributed by atoms with Crippen molar-refractivity contribution in [2.45, 2.75) is 57.7 Å². The number of piperidine rings is 1. The van der Waals surface area contributed by atoms with Gasteiger partial charge in [-0.25, -0.2) is 4.79 Å². The number of piperazine rings is 1. The number of carbonyl (C=O) groups excluding carboxylic acids is 1. The molecule has 0 aliphatic carbocycles. The largest absolute Gasteiger partial charge is 0.444 e. The molecule has 0 aromatic rings. The lowest BCUT2D eigenvalue weighted by Gasteiger charge is -2.45. The molecule has 0 aromatic heterocycles. The molecule has 5 nitrogen and oxygen atoms in total. The number of hydrogen-bond acceptors (Lipinski definition) is 4. The maximum absolute atomic E-state index is 12.4. The Morgan fingerprint density at radius 1 is 1.20 bits per heavy atom. The van der Waals surface area contributed by atoms with Gasteiger partial charge in [0.25, 0.3) is 0 Å². The second kappa shape index (κ2) is 6.31. The van der Waals surface area contributed by atoms with E-state index in [0.29, 0.717) is 6.04 Å². The van der Waals surface area contributed by atoms with Crippen LogP contribution in [0.25, 0.3) is 0 Å². The van der Waals surface area contributed by atoms with Gasteiger partial charge in [0.05, 0.1) is 6.04 Å². The van der Waals surface area contributed by atoms with Crippen LogP contribution in [0.1, 0.15) is 40.0 Å². The molecule has 0 spiro atoms. The number of rotatable bonds is 1. The molecule has 5 heteroatoms. The minimum atomic E-state index is -0.421. The van der Waals surface area contributed by atoms with Crippen LogP contribution in [0.15, 0.2) is 0 Å². The van der Waals surface area contributed by atoms with Gasteiger partial charge >= 0.3 is 6.09 Å². The van der Waals surface area contributed by atoms with Crippen molar-refractivity contribution in [3.05, 3.63) is 0 Å². The Morgan fingerprint density at radius 3 is 2.60 bits per heavy atom. The predicted molar refractivity (Wildman–Crippen MR) is 79.9 cm³/mol. The quantitative estimate of drug-likeness (QED) is 0.795. The number of likely N-dealkylation sites (tertiary alicyclic amines) is 1. The Kier molecular flexibility index (Phi) is 4.91. The fourth-order valence-electron chi connectivity index (χ4n) is 3.16. The molecule has 1 amide bonds. The lowest BCUT2D eigenvalue weighted by Crippen LogP contribution is -2.61. The van der Waals surface area contributed by atoms with Gasteiger partial charge in [0, 0.05) is 32.2 Å². The van der Waals surface area contributed by atoms with Crippen LogP contribution in [0.3, 0.4) is 0 Å². The minimum Gasteiger partial charge on any atom is -0.444 e. The topological polar surface area (TPSA) is 44.8 Å². The number of nitrogens with zero attached hydrogens (tertiary/aromatic N) is 2. The highest BCUT2D eigenvalue weighted by Gasteiger charge is 2.37. The van der Waals surface area contributed by atoms with E-state index in [2.05, 4.69) is 17.3 Å². The highest BCUT2D eigenvalue weighted by atomic mass is 16.6. The monoisotopic (exact) mass is 283 g/mol. The Labute approximate surface area is 122 Å². The fraction of sp³-hybridized carbons (Fsp3) is 0.933. The molecule has 2 unspecified atom stereocenters. The summed E-state index contributed by atoms with van der Waals surface area (Å²) < 4.78 is 5.58. The lowest BCUT2D eigenvalue weighted by atomic mass is 9.94. The predicted octanol–water partition coefficient (Wildman–Crippen LogP) is 1.68. The molecule has 0 radical (unpaired) electrons. The number of hydrogen-bond donors (Lipinski definition) is 1. The summed E-state index contributed by atoms with van der Waals surface area (Å²) in [4.78, 5) is 16.8. The molecule has 2 saturated heterocycles. The first-order valence-electron chi connectivity index (χ1n) is 7.79. The summed E-state index contributed by atoms with van der Waals surface area (Å²) in [6.07, 6.45) is 3.21. The number of likely N-dealkylation sites (N-methyl/N-ethyl adjacent to an activating group) is 1. The van der Waals surface area contributed by atoms with Crippen molar-refractivity contribution in [1.29, 1.82) is 0 Å². The third kappa shape index (κ3) is 3.85. The first kappa shape index (κ1) is 15.6. The molecule has 2 rings (SSSR count). The summed E-state index contributed by atoms with van der Waals surface area (Å²) in [6.45, 7) is 9.65. The highest BCUT2D eigenvalue weighted by molar-refractivity contribution is 5.68. The number of amides is 1. The molecule has 2 fully saturated rings. The van der Waals surface area contributed by atoms with Crippen molar-refractivity contribution in [3.8, 4) is 0 Å². The first-order chi connectivity index (χ1) is 9.38. The van der Waals surface area contributed by atoms with Gasteiger partial charge in [0.15, 0.2) is 0 Å². The second-order valence-electron chi connectivity index (χ2n) is 6.99. The third-order valence-electron chi connectivity index (χ3n) is 4.18. The summed E-state index contributed by atoms with van der Waals surface area (Å²) in [6, 6.07) is 0.674. The average Bonchev–Trinajstić information content (AvgIpc) is 2.37. The van der Waals surface area contributed by atoms with Gasteiger partial charge in [-0.1, -0.05) is 0 Å². The van der Waals surface area contributed by atoms with Crippen LogP contribution in [-0.2, 0) is 4.74 Å². The molecule has 2 aliphatic rings. The number of carbonyl (C=O) groups is 1. The van der Waals surface area contributed by atoms with Crippen LogP contribution in [0.2, 0.25) is 0 Å². The van der Waals surface area contributed by atoms with E-state index >= 15 is 0 Å². The standard InChI is InChI=1S/C15H29N3O2/c1-15(2,3)20-14(19)18-9-6-5-7-12(18)13-11-16-8-10-17(13)4/h12-13,16H,5-11H2,1-4H3. The van der Waals surface area contributed by atoms with Crippen molar-refractivity contribution in [1.82, 2.24) is 15.1 Å². The Morgan fingerprint density at radius 2 is 1.95 bits per heavy atom. The van der Waals surface area contributed by atoms with Crippen molar-refractivity contribution in [2.24, 2.45) is 0 Å². The van der Waals surface area contributed by atoms with Crippen LogP contribution in [0.5, 0.6) is 0 Å². The van der Waals surface area contributed by atoms with Crippen LogP contribution in [0, 0.1) is 0 Å². The summed E-state index contributed by atoms with van der Waals surface area (Å²) in [5.74, 6) is 0. The van der Waals surface area contributed by atoms with E-state index in [9.17, 15) is 4.79 Å². The SMILES string of the molecule is CN1CCNCC1C1CCCCN1C(=O)OC(C)(C)C. The zero-order valence-corrected chi connectivity index (χ0v) is 13.3. The van der Waals surface area contributed by atoms with Gasteiger partial charge in [-0.3, -0.25) is 4.90 Å². The Balaban J connectivity index is 2.06. The first-order valence-corrected chi connectivity index (χ1v) is 7.79. The van der Waals surface area contributed by atoms with Gasteiger partial charge in [0.2, 0.25) is 0 Å². The molecule has 2 heterocycles. The van der Waals surface area contributed by atoms with Crippen LogP contribution >= 0.6 is 0 Å². The van der Waals surface area contributed by atoms with E-state index in [4.69, 9.17) is 4.74 Å². The summed E-state index contributed by atoms with van der Waals surface area (Å²) in [5.41, 5.74) is -0.421. The zero-order chi connectivity index (χ0) is 14.8. The summed E-state index contributed by atoms with van der Waals surface area (Å²) >= 11 is 0. The van der Waals surface area contributed by atoms with E-state index in [0.717, 1.165) is 39.0 Å². The maximum Gasteiger partial charge on any atom is 0.410 e. The van der Waals surface area contributed by atoms with Crippen molar-refractivity contribution in [3.63, 3.8) is 0 Å². The van der Waals surface area contributed by atoms with E-state index in [1.54, 1.807) is 0 Å². The number of ether oxygens (including phenoxy) is 1. The van der Waals surface area contributed by atoms with E-state index in [1.807, 2.05) is 25.7 Å². The highest BCUT2D eigenvalue weighted by Crippen LogP contribution is 2.25. The van der Waals surface area contributed by atoms with Crippen LogP contribution in [0.4, 0.5) is 4.79 Å². The minimum absolute atomic E-state index is 0.152. The normalized spacial score (nSPS) is 29.3. The average molecular weight is 283 g/mol. The van der Waals surface area contributed by atoms with Crippen molar-refractivity contribution >= 4 is 6.09 Å². The van der Waals surface area contributed by atoms with Gasteiger partial charge in [-0.2, -0.15) is 0 Å². The molecule has 0 bridgehead atoms. The van der Waals surface area contributed by atoms with Gasteiger partial charge in [0.1, 0.15) is 5.60 Å². The van der Waals surface area contributed by atoms with Crippen LogP contribution < -0.4 is 5.32 Å². The molecule has 2 atom stereocenters. The number of nitrogens with one attached hydrogen (secondary N) is 1. The smallest absolute Gasteiger partial charge is 0.410 e. The fourth-order valence-corrected chi connectivity index (χ4v) is 3.16. The lowest BCUT2D eigenvalue weighted by molar-refractivity contribution is -0.00661. The molecule has 1 N–H and O–H groups in total. The van der Waals surface area contributed by atoms with E-state index in [-0.39, 0.29) is 12.1 Å². The maximum atomic E-state index is 12.4. The molecule has 0 aromatic carbocycles. The molecule has 116 valence electrons. The van der Waals surface area contributed by atoms with Gasteiger partial charge < -0.3 is 15.0 Å². The molecule has 20 heavy (non-hydrogen) atoms. The van der Waals surface area contributed by atoms with Gasteiger partial charge in [-0.05, 0) is 47.1 Å². The summed E-state index contributed by atoms with van der Waals surface area (Å²) in [7, 11) is 2.16. The molecule has 0 saturated carbocycles. The van der Waals surface area contributed by atoms with Crippen molar-refractivity contribution in [2.75, 3.05) is 33.2 Å². The zero-order valence-electron chi connectivity index (χ0n) is 13.3. The van der Waals surface area contributed by atoms with E-state index < -0.39 is 5.60 Å². The summed E-state index contributed by atoms with van der Waals surface area (Å²) in [5, 5.41) is 3.45. The Hall–Kier alpha value is -0.810. The third-order valence-corrected chi connectivity index (χ3v) is 4.18. The van der Waals surface area contributed by atoms with Gasteiger partial charge in [-0.15, -0.1) is 0 Å². The molecular formula is C15H29N3O2. The molecular weight excluding hydrogens is 254 g/mol. The molecule has 2 aliphatic heterocycles.